The Balaban J connectivity index is 1.91. The van der Waals surface area contributed by atoms with E-state index in [1.54, 1.807) is 6.07 Å². The molecule has 23 heavy (non-hydrogen) atoms. The first kappa shape index (κ1) is 15.6. The number of anilines is 1. The van der Waals surface area contributed by atoms with Crippen LogP contribution in [0.5, 0.6) is 0 Å². The molecule has 6 heteroatoms. The number of carboxylic acids is 1. The largest absolute Gasteiger partial charge is 0.478 e. The van der Waals surface area contributed by atoms with Gasteiger partial charge in [-0.15, -0.1) is 0 Å². The quantitative estimate of drug-likeness (QED) is 0.902. The zero-order chi connectivity index (χ0) is 16.4. The fourth-order valence-corrected chi connectivity index (χ4v) is 3.95. The molecular formula is C17H17NO4S. The Morgan fingerprint density at radius 1 is 1.00 bits per heavy atom. The minimum Gasteiger partial charge on any atom is -0.478 e. The summed E-state index contributed by atoms with van der Waals surface area (Å²) in [6, 6.07) is 10.9. The predicted molar refractivity (Wildman–Crippen MR) is 87.3 cm³/mol. The van der Waals surface area contributed by atoms with Crippen molar-refractivity contribution in [2.24, 2.45) is 0 Å². The molecule has 1 aliphatic rings. The van der Waals surface area contributed by atoms with Gasteiger partial charge in [0.1, 0.15) is 0 Å². The van der Waals surface area contributed by atoms with E-state index in [0.717, 1.165) is 31.2 Å². The van der Waals surface area contributed by atoms with E-state index in [1.807, 2.05) is 12.1 Å². The Hall–Kier alpha value is -2.34. The van der Waals surface area contributed by atoms with E-state index in [0.29, 0.717) is 5.69 Å². The smallest absolute Gasteiger partial charge is 0.335 e. The summed E-state index contributed by atoms with van der Waals surface area (Å²) in [7, 11) is -3.73. The highest BCUT2D eigenvalue weighted by atomic mass is 32.2. The average molecular weight is 331 g/mol. The zero-order valence-corrected chi connectivity index (χ0v) is 13.3. The van der Waals surface area contributed by atoms with Gasteiger partial charge in [0.15, 0.2) is 0 Å². The van der Waals surface area contributed by atoms with E-state index in [9.17, 15) is 13.2 Å². The number of carbonyl (C=O) groups is 1. The summed E-state index contributed by atoms with van der Waals surface area (Å²) >= 11 is 0. The summed E-state index contributed by atoms with van der Waals surface area (Å²) < 4.78 is 27.7. The molecule has 0 unspecified atom stereocenters. The minimum atomic E-state index is -3.73. The van der Waals surface area contributed by atoms with Crippen LogP contribution in [0.1, 0.15) is 34.3 Å². The minimum absolute atomic E-state index is 0.0518. The molecule has 0 amide bonds. The number of nitrogens with one attached hydrogen (secondary N) is 1. The SMILES string of the molecule is O=C(O)c1ccc(S(=O)(=O)Nc2cccc3c2CCCC3)cc1. The van der Waals surface area contributed by atoms with Crippen LogP contribution in [0.2, 0.25) is 0 Å². The Morgan fingerprint density at radius 3 is 2.39 bits per heavy atom. The van der Waals surface area contributed by atoms with Gasteiger partial charge in [-0.25, -0.2) is 13.2 Å². The van der Waals surface area contributed by atoms with Crippen molar-refractivity contribution < 1.29 is 18.3 Å². The summed E-state index contributed by atoms with van der Waals surface area (Å²) in [5.41, 5.74) is 2.92. The highest BCUT2D eigenvalue weighted by molar-refractivity contribution is 7.92. The molecule has 0 saturated carbocycles. The number of aromatic carboxylic acids is 1. The second-order valence-corrected chi connectivity index (χ2v) is 7.27. The van der Waals surface area contributed by atoms with Crippen LogP contribution in [-0.2, 0) is 22.9 Å². The summed E-state index contributed by atoms with van der Waals surface area (Å²) in [6.45, 7) is 0. The Kier molecular flexibility index (Phi) is 4.09. The van der Waals surface area contributed by atoms with E-state index in [2.05, 4.69) is 4.72 Å². The van der Waals surface area contributed by atoms with Gasteiger partial charge in [0.2, 0.25) is 0 Å². The van der Waals surface area contributed by atoms with Crippen molar-refractivity contribution in [1.29, 1.82) is 0 Å². The standard InChI is InChI=1S/C17H17NO4S/c19-17(20)13-8-10-14(11-9-13)23(21,22)18-16-7-3-5-12-4-1-2-6-15(12)16/h3,5,7-11,18H,1-2,4,6H2,(H,19,20). The van der Waals surface area contributed by atoms with Crippen molar-refractivity contribution in [3.05, 3.63) is 59.2 Å². The van der Waals surface area contributed by atoms with E-state index < -0.39 is 16.0 Å². The lowest BCUT2D eigenvalue weighted by Crippen LogP contribution is -2.16. The van der Waals surface area contributed by atoms with E-state index >= 15 is 0 Å². The molecule has 0 radical (unpaired) electrons. The maximum absolute atomic E-state index is 12.5. The van der Waals surface area contributed by atoms with Crippen LogP contribution in [0, 0.1) is 0 Å². The average Bonchev–Trinajstić information content (AvgIpc) is 2.55. The van der Waals surface area contributed by atoms with Crippen LogP contribution in [-0.4, -0.2) is 19.5 Å². The van der Waals surface area contributed by atoms with Crippen LogP contribution in [0.15, 0.2) is 47.4 Å². The molecule has 120 valence electrons. The monoisotopic (exact) mass is 331 g/mol. The molecule has 2 aromatic carbocycles. The number of aryl methyl sites for hydroxylation is 1. The summed E-state index contributed by atoms with van der Waals surface area (Å²) in [5, 5.41) is 8.88. The second-order valence-electron chi connectivity index (χ2n) is 5.59. The van der Waals surface area contributed by atoms with Crippen molar-refractivity contribution in [1.82, 2.24) is 0 Å². The van der Waals surface area contributed by atoms with Gasteiger partial charge in [0.05, 0.1) is 16.1 Å². The van der Waals surface area contributed by atoms with Gasteiger partial charge in [-0.3, -0.25) is 4.72 Å². The maximum Gasteiger partial charge on any atom is 0.335 e. The lowest BCUT2D eigenvalue weighted by molar-refractivity contribution is 0.0696. The molecule has 2 aromatic rings. The topological polar surface area (TPSA) is 83.5 Å². The van der Waals surface area contributed by atoms with E-state index in [4.69, 9.17) is 5.11 Å². The molecule has 0 aliphatic heterocycles. The third-order valence-electron chi connectivity index (χ3n) is 4.05. The highest BCUT2D eigenvalue weighted by Gasteiger charge is 2.19. The lowest BCUT2D eigenvalue weighted by Gasteiger charge is -2.20. The van der Waals surface area contributed by atoms with E-state index in [1.165, 1.54) is 29.8 Å². The van der Waals surface area contributed by atoms with Gasteiger partial charge in [0.25, 0.3) is 10.0 Å². The number of benzene rings is 2. The Morgan fingerprint density at radius 2 is 1.70 bits per heavy atom. The molecule has 0 fully saturated rings. The fourth-order valence-electron chi connectivity index (χ4n) is 2.86. The lowest BCUT2D eigenvalue weighted by atomic mass is 9.91. The van der Waals surface area contributed by atoms with E-state index in [-0.39, 0.29) is 10.5 Å². The highest BCUT2D eigenvalue weighted by Crippen LogP contribution is 2.29. The van der Waals surface area contributed by atoms with Crippen LogP contribution < -0.4 is 4.72 Å². The van der Waals surface area contributed by atoms with Gasteiger partial charge in [-0.05, 0) is 67.1 Å². The molecule has 2 N–H and O–H groups in total. The number of hydrogen-bond donors (Lipinski definition) is 2. The predicted octanol–water partition coefficient (Wildman–Crippen LogP) is 3.06. The van der Waals surface area contributed by atoms with Crippen molar-refractivity contribution in [2.45, 2.75) is 30.6 Å². The fraction of sp³-hybridized carbons (Fsp3) is 0.235. The number of sulfonamides is 1. The van der Waals surface area contributed by atoms with Crippen LogP contribution in [0.4, 0.5) is 5.69 Å². The molecule has 5 nitrogen and oxygen atoms in total. The molecule has 0 aromatic heterocycles. The summed E-state index contributed by atoms with van der Waals surface area (Å²) in [4.78, 5) is 10.9. The summed E-state index contributed by atoms with van der Waals surface area (Å²) in [6.07, 6.45) is 4.02. The number of rotatable bonds is 4. The van der Waals surface area contributed by atoms with Crippen molar-refractivity contribution in [2.75, 3.05) is 4.72 Å². The normalized spacial score (nSPS) is 14.1. The van der Waals surface area contributed by atoms with Gasteiger partial charge in [-0.1, -0.05) is 12.1 Å². The van der Waals surface area contributed by atoms with Crippen molar-refractivity contribution >= 4 is 21.7 Å². The van der Waals surface area contributed by atoms with Gasteiger partial charge in [0, 0.05) is 0 Å². The van der Waals surface area contributed by atoms with Crippen LogP contribution >= 0.6 is 0 Å². The number of carboxylic acid groups (broad SMARTS) is 1. The first-order valence-electron chi connectivity index (χ1n) is 7.44. The zero-order valence-electron chi connectivity index (χ0n) is 12.5. The molecule has 0 heterocycles. The molecule has 0 atom stereocenters. The van der Waals surface area contributed by atoms with Gasteiger partial charge >= 0.3 is 5.97 Å². The first-order chi connectivity index (χ1) is 11.0. The van der Waals surface area contributed by atoms with Crippen LogP contribution in [0.3, 0.4) is 0 Å². The second kappa shape index (κ2) is 6.04. The van der Waals surface area contributed by atoms with Gasteiger partial charge < -0.3 is 5.11 Å². The number of hydrogen-bond acceptors (Lipinski definition) is 3. The molecule has 0 saturated heterocycles. The summed E-state index contributed by atoms with van der Waals surface area (Å²) in [5.74, 6) is -1.08. The van der Waals surface area contributed by atoms with Crippen molar-refractivity contribution in [3.8, 4) is 0 Å². The Bertz CT molecular complexity index is 841. The Labute approximate surface area is 135 Å². The van der Waals surface area contributed by atoms with Gasteiger partial charge in [-0.2, -0.15) is 0 Å². The third-order valence-corrected chi connectivity index (χ3v) is 5.43. The molecule has 0 spiro atoms. The molecule has 1 aliphatic carbocycles. The first-order valence-corrected chi connectivity index (χ1v) is 8.92. The maximum atomic E-state index is 12.5. The third kappa shape index (κ3) is 3.22. The number of fused-ring (bicyclic) bond motifs is 1. The van der Waals surface area contributed by atoms with Crippen molar-refractivity contribution in [3.63, 3.8) is 0 Å². The van der Waals surface area contributed by atoms with Crippen LogP contribution in [0.25, 0.3) is 0 Å². The molecule has 0 bridgehead atoms. The molecule has 3 rings (SSSR count). The molecular weight excluding hydrogens is 314 g/mol.